The number of amides is 1. The Morgan fingerprint density at radius 1 is 1.39 bits per heavy atom. The summed E-state index contributed by atoms with van der Waals surface area (Å²) in [4.78, 5) is 11.4. The van der Waals surface area contributed by atoms with Crippen molar-refractivity contribution in [2.24, 2.45) is 0 Å². The Labute approximate surface area is 105 Å². The largest absolute Gasteiger partial charge is 0.352 e. The molecular formula is C13H16F2N2O. The van der Waals surface area contributed by atoms with Crippen molar-refractivity contribution >= 4 is 5.91 Å². The second-order valence-corrected chi connectivity index (χ2v) is 4.62. The summed E-state index contributed by atoms with van der Waals surface area (Å²) in [5.74, 6) is -1.80. The van der Waals surface area contributed by atoms with E-state index in [0.29, 0.717) is 11.6 Å². The summed E-state index contributed by atoms with van der Waals surface area (Å²) in [5, 5.41) is 5.82. The highest BCUT2D eigenvalue weighted by Crippen LogP contribution is 2.18. The number of benzene rings is 1. The van der Waals surface area contributed by atoms with Gasteiger partial charge in [-0.15, -0.1) is 0 Å². The summed E-state index contributed by atoms with van der Waals surface area (Å²) in [5.41, 5.74) is 0.619. The third kappa shape index (κ3) is 3.50. The summed E-state index contributed by atoms with van der Waals surface area (Å²) in [6, 6.07) is 3.87. The van der Waals surface area contributed by atoms with Crippen molar-refractivity contribution in [3.05, 3.63) is 35.4 Å². The van der Waals surface area contributed by atoms with Crippen LogP contribution in [0.25, 0.3) is 0 Å². The van der Waals surface area contributed by atoms with Gasteiger partial charge in [-0.25, -0.2) is 8.78 Å². The van der Waals surface area contributed by atoms with E-state index in [4.69, 9.17) is 0 Å². The summed E-state index contributed by atoms with van der Waals surface area (Å²) < 4.78 is 25.8. The van der Waals surface area contributed by atoms with Crippen molar-refractivity contribution in [1.82, 2.24) is 10.6 Å². The molecule has 1 amide bonds. The lowest BCUT2D eigenvalue weighted by atomic mass is 10.1. The summed E-state index contributed by atoms with van der Waals surface area (Å²) in [7, 11) is 0. The molecule has 18 heavy (non-hydrogen) atoms. The van der Waals surface area contributed by atoms with Gasteiger partial charge in [-0.2, -0.15) is 0 Å². The SMILES string of the molecule is CC(NCC(=O)NC1CC1)c1ccc(F)c(F)c1. The van der Waals surface area contributed by atoms with Gasteiger partial charge in [0.15, 0.2) is 11.6 Å². The quantitative estimate of drug-likeness (QED) is 0.842. The molecule has 1 aliphatic carbocycles. The Hall–Kier alpha value is -1.49. The van der Waals surface area contributed by atoms with Crippen molar-refractivity contribution in [3.63, 3.8) is 0 Å². The fourth-order valence-corrected chi connectivity index (χ4v) is 1.65. The molecule has 1 unspecified atom stereocenters. The van der Waals surface area contributed by atoms with Gasteiger partial charge >= 0.3 is 0 Å². The van der Waals surface area contributed by atoms with Gasteiger partial charge in [0.25, 0.3) is 0 Å². The van der Waals surface area contributed by atoms with Crippen LogP contribution in [0.3, 0.4) is 0 Å². The van der Waals surface area contributed by atoms with Crippen LogP contribution in [0, 0.1) is 11.6 Å². The molecule has 0 heterocycles. The van der Waals surface area contributed by atoms with Crippen LogP contribution in [0.1, 0.15) is 31.4 Å². The van der Waals surface area contributed by atoms with E-state index in [1.165, 1.54) is 6.07 Å². The average Bonchev–Trinajstić information content (AvgIpc) is 3.13. The van der Waals surface area contributed by atoms with Crippen molar-refractivity contribution < 1.29 is 13.6 Å². The molecule has 3 nitrogen and oxygen atoms in total. The lowest BCUT2D eigenvalue weighted by Crippen LogP contribution is -2.36. The second-order valence-electron chi connectivity index (χ2n) is 4.62. The molecule has 1 aliphatic rings. The Kier molecular flexibility index (Phi) is 3.91. The molecule has 0 spiro atoms. The van der Waals surface area contributed by atoms with Crippen LogP contribution in [0.2, 0.25) is 0 Å². The lowest BCUT2D eigenvalue weighted by Gasteiger charge is -2.14. The zero-order chi connectivity index (χ0) is 13.1. The van der Waals surface area contributed by atoms with Crippen LogP contribution in [0.15, 0.2) is 18.2 Å². The molecule has 0 aromatic heterocycles. The van der Waals surface area contributed by atoms with Crippen molar-refractivity contribution in [3.8, 4) is 0 Å². The predicted octanol–water partition coefficient (Wildman–Crippen LogP) is 1.89. The van der Waals surface area contributed by atoms with Crippen molar-refractivity contribution in [1.29, 1.82) is 0 Å². The number of rotatable bonds is 5. The predicted molar refractivity (Wildman–Crippen MR) is 63.9 cm³/mol. The Balaban J connectivity index is 1.84. The number of carbonyl (C=O) groups excluding carboxylic acids is 1. The van der Waals surface area contributed by atoms with Gasteiger partial charge in [0, 0.05) is 12.1 Å². The molecule has 1 aromatic rings. The number of nitrogens with one attached hydrogen (secondary N) is 2. The van der Waals surface area contributed by atoms with E-state index in [0.717, 1.165) is 25.0 Å². The van der Waals surface area contributed by atoms with Gasteiger partial charge in [0.2, 0.25) is 5.91 Å². The Morgan fingerprint density at radius 3 is 2.72 bits per heavy atom. The van der Waals surface area contributed by atoms with E-state index in [-0.39, 0.29) is 18.5 Å². The lowest BCUT2D eigenvalue weighted by molar-refractivity contribution is -0.120. The zero-order valence-electron chi connectivity index (χ0n) is 10.2. The van der Waals surface area contributed by atoms with E-state index in [1.807, 2.05) is 0 Å². The first-order valence-electron chi connectivity index (χ1n) is 6.04. The fourth-order valence-electron chi connectivity index (χ4n) is 1.65. The molecule has 0 aliphatic heterocycles. The minimum atomic E-state index is -0.872. The molecule has 0 bridgehead atoms. The maximum atomic E-state index is 13.0. The van der Waals surface area contributed by atoms with Crippen molar-refractivity contribution in [2.45, 2.75) is 31.8 Å². The maximum absolute atomic E-state index is 13.0. The fraction of sp³-hybridized carbons (Fsp3) is 0.462. The minimum absolute atomic E-state index is 0.0630. The zero-order valence-corrected chi connectivity index (χ0v) is 10.2. The van der Waals surface area contributed by atoms with E-state index < -0.39 is 11.6 Å². The molecule has 2 N–H and O–H groups in total. The molecular weight excluding hydrogens is 238 g/mol. The van der Waals surface area contributed by atoms with Crippen LogP contribution in [-0.4, -0.2) is 18.5 Å². The van der Waals surface area contributed by atoms with Gasteiger partial charge in [0.1, 0.15) is 0 Å². The average molecular weight is 254 g/mol. The monoisotopic (exact) mass is 254 g/mol. The Morgan fingerprint density at radius 2 is 2.11 bits per heavy atom. The van der Waals surface area contributed by atoms with E-state index >= 15 is 0 Å². The minimum Gasteiger partial charge on any atom is -0.352 e. The molecule has 98 valence electrons. The van der Waals surface area contributed by atoms with Crippen LogP contribution in [0.5, 0.6) is 0 Å². The summed E-state index contributed by atoms with van der Waals surface area (Å²) >= 11 is 0. The summed E-state index contributed by atoms with van der Waals surface area (Å²) in [6.45, 7) is 1.98. The molecule has 0 radical (unpaired) electrons. The van der Waals surface area contributed by atoms with Gasteiger partial charge in [-0.3, -0.25) is 4.79 Å². The van der Waals surface area contributed by atoms with Crippen LogP contribution in [0.4, 0.5) is 8.78 Å². The van der Waals surface area contributed by atoms with Gasteiger partial charge < -0.3 is 10.6 Å². The smallest absolute Gasteiger partial charge is 0.234 e. The normalized spacial score (nSPS) is 16.4. The first-order chi connectivity index (χ1) is 8.56. The Bertz CT molecular complexity index is 447. The highest BCUT2D eigenvalue weighted by molar-refractivity contribution is 5.78. The number of hydrogen-bond donors (Lipinski definition) is 2. The third-order valence-corrected chi connectivity index (χ3v) is 2.95. The molecule has 1 aromatic carbocycles. The number of carbonyl (C=O) groups is 1. The second kappa shape index (κ2) is 5.44. The van der Waals surface area contributed by atoms with E-state index in [9.17, 15) is 13.6 Å². The molecule has 2 rings (SSSR count). The van der Waals surface area contributed by atoms with E-state index in [1.54, 1.807) is 6.92 Å². The van der Waals surface area contributed by atoms with Gasteiger partial charge in [-0.05, 0) is 37.5 Å². The first-order valence-corrected chi connectivity index (χ1v) is 6.04. The van der Waals surface area contributed by atoms with Crippen LogP contribution >= 0.6 is 0 Å². The molecule has 1 atom stereocenters. The maximum Gasteiger partial charge on any atom is 0.234 e. The topological polar surface area (TPSA) is 41.1 Å². The molecule has 0 saturated heterocycles. The van der Waals surface area contributed by atoms with E-state index in [2.05, 4.69) is 10.6 Å². The van der Waals surface area contributed by atoms with Crippen LogP contribution < -0.4 is 10.6 Å². The molecule has 1 saturated carbocycles. The third-order valence-electron chi connectivity index (χ3n) is 2.95. The number of halogens is 2. The molecule has 5 heteroatoms. The van der Waals surface area contributed by atoms with Crippen molar-refractivity contribution in [2.75, 3.05) is 6.54 Å². The molecule has 1 fully saturated rings. The highest BCUT2D eigenvalue weighted by Gasteiger charge is 2.23. The first kappa shape index (κ1) is 13.0. The highest BCUT2D eigenvalue weighted by atomic mass is 19.2. The number of hydrogen-bond acceptors (Lipinski definition) is 2. The van der Waals surface area contributed by atoms with Crippen LogP contribution in [-0.2, 0) is 4.79 Å². The summed E-state index contributed by atoms with van der Waals surface area (Å²) in [6.07, 6.45) is 2.09. The standard InChI is InChI=1S/C13H16F2N2O/c1-8(9-2-5-11(14)12(15)6-9)16-7-13(18)17-10-3-4-10/h2,5-6,8,10,16H,3-4,7H2,1H3,(H,17,18). The van der Waals surface area contributed by atoms with Gasteiger partial charge in [0.05, 0.1) is 6.54 Å². The van der Waals surface area contributed by atoms with Gasteiger partial charge in [-0.1, -0.05) is 6.07 Å².